The number of aliphatic imine (C=N–C) groups is 1. The van der Waals surface area contributed by atoms with E-state index in [1.165, 1.54) is 0 Å². The summed E-state index contributed by atoms with van der Waals surface area (Å²) in [5.41, 5.74) is 0. The summed E-state index contributed by atoms with van der Waals surface area (Å²) in [5.74, 6) is 0. The van der Waals surface area contributed by atoms with Crippen LogP contribution < -0.4 is 5.32 Å². The van der Waals surface area contributed by atoms with Crippen molar-refractivity contribution in [3.8, 4) is 0 Å². The molecule has 0 aromatic heterocycles. The van der Waals surface area contributed by atoms with Gasteiger partial charge in [0.25, 0.3) is 0 Å². The fourth-order valence-corrected chi connectivity index (χ4v) is 1.15. The zero-order chi connectivity index (χ0) is 11.7. The highest BCUT2D eigenvalue weighted by Crippen LogP contribution is 1.95. The molecule has 0 unspecified atom stereocenters. The van der Waals surface area contributed by atoms with E-state index in [1.54, 1.807) is 12.4 Å². The van der Waals surface area contributed by atoms with Crippen molar-refractivity contribution in [2.45, 2.75) is 6.92 Å². The maximum absolute atomic E-state index is 5.27. The van der Waals surface area contributed by atoms with Crippen LogP contribution >= 0.6 is 12.2 Å². The molecule has 0 heterocycles. The minimum absolute atomic E-state index is 0.771. The molecule has 15 heavy (non-hydrogen) atoms. The van der Waals surface area contributed by atoms with Gasteiger partial charge < -0.3 is 15.1 Å². The predicted octanol–water partition coefficient (Wildman–Crippen LogP) is 0.916. The van der Waals surface area contributed by atoms with Gasteiger partial charge in [0, 0.05) is 39.6 Å². The highest BCUT2D eigenvalue weighted by Gasteiger charge is 2.06. The maximum atomic E-state index is 5.27. The SMILES string of the molecule is C=NC=CN(C)C(=S)N(C)CCNCC. The Morgan fingerprint density at radius 2 is 2.20 bits per heavy atom. The molecule has 0 aromatic carbocycles. The van der Waals surface area contributed by atoms with Gasteiger partial charge in [-0.2, -0.15) is 0 Å². The first kappa shape index (κ1) is 14.1. The highest BCUT2D eigenvalue weighted by atomic mass is 32.1. The first-order valence-electron chi connectivity index (χ1n) is 4.94. The largest absolute Gasteiger partial charge is 0.351 e. The lowest BCUT2D eigenvalue weighted by Gasteiger charge is -2.25. The van der Waals surface area contributed by atoms with E-state index in [9.17, 15) is 0 Å². The van der Waals surface area contributed by atoms with Crippen LogP contribution in [0.5, 0.6) is 0 Å². The molecule has 0 amide bonds. The molecular formula is C10H20N4S. The third kappa shape index (κ3) is 6.19. The minimum atomic E-state index is 0.771. The molecule has 0 radical (unpaired) electrons. The van der Waals surface area contributed by atoms with Gasteiger partial charge in [-0.15, -0.1) is 0 Å². The van der Waals surface area contributed by atoms with Crippen LogP contribution in [-0.4, -0.2) is 55.4 Å². The van der Waals surface area contributed by atoms with Crippen LogP contribution in [0.1, 0.15) is 6.92 Å². The summed E-state index contributed by atoms with van der Waals surface area (Å²) in [6.07, 6.45) is 3.41. The molecule has 0 aliphatic heterocycles. The average molecular weight is 228 g/mol. The fraction of sp³-hybridized carbons (Fsp3) is 0.600. The molecule has 0 saturated heterocycles. The monoisotopic (exact) mass is 228 g/mol. The van der Waals surface area contributed by atoms with E-state index in [0.717, 1.165) is 24.7 Å². The molecule has 0 spiro atoms. The van der Waals surface area contributed by atoms with Crippen LogP contribution in [0, 0.1) is 0 Å². The number of hydrogen-bond acceptors (Lipinski definition) is 3. The molecule has 0 aliphatic rings. The van der Waals surface area contributed by atoms with Gasteiger partial charge >= 0.3 is 0 Å². The normalized spacial score (nSPS) is 10.3. The Labute approximate surface area is 97.7 Å². The van der Waals surface area contributed by atoms with Crippen molar-refractivity contribution in [3.05, 3.63) is 12.4 Å². The third-order valence-corrected chi connectivity index (χ3v) is 2.50. The lowest BCUT2D eigenvalue weighted by Crippen LogP contribution is -2.39. The molecule has 1 N–H and O–H groups in total. The standard InChI is InChI=1S/C10H20N4S/c1-5-12-7-9-14(4)10(15)13(3)8-6-11-2/h6,8,12H,2,5,7,9H2,1,3-4H3. The van der Waals surface area contributed by atoms with Crippen molar-refractivity contribution in [3.63, 3.8) is 0 Å². The van der Waals surface area contributed by atoms with E-state index in [4.69, 9.17) is 12.2 Å². The zero-order valence-electron chi connectivity index (χ0n) is 9.73. The van der Waals surface area contributed by atoms with Crippen LogP contribution in [0.25, 0.3) is 0 Å². The predicted molar refractivity (Wildman–Crippen MR) is 70.2 cm³/mol. The summed E-state index contributed by atoms with van der Waals surface area (Å²) in [6, 6.07) is 0. The van der Waals surface area contributed by atoms with Gasteiger partial charge in [-0.05, 0) is 25.5 Å². The molecule has 86 valence electrons. The van der Waals surface area contributed by atoms with Crippen LogP contribution in [0.2, 0.25) is 0 Å². The Balaban J connectivity index is 3.95. The summed E-state index contributed by atoms with van der Waals surface area (Å²) in [7, 11) is 3.87. The van der Waals surface area contributed by atoms with E-state index in [2.05, 4.69) is 24.0 Å². The van der Waals surface area contributed by atoms with Gasteiger partial charge in [0.1, 0.15) is 0 Å². The summed E-state index contributed by atoms with van der Waals surface area (Å²) in [6.45, 7) is 8.27. The number of nitrogens with zero attached hydrogens (tertiary/aromatic N) is 3. The molecular weight excluding hydrogens is 208 g/mol. The van der Waals surface area contributed by atoms with Crippen LogP contribution in [0.15, 0.2) is 17.4 Å². The van der Waals surface area contributed by atoms with Crippen LogP contribution in [0.3, 0.4) is 0 Å². The lowest BCUT2D eigenvalue weighted by atomic mass is 10.5. The summed E-state index contributed by atoms with van der Waals surface area (Å²) >= 11 is 5.27. The lowest BCUT2D eigenvalue weighted by molar-refractivity contribution is 0.444. The van der Waals surface area contributed by atoms with Crippen molar-refractivity contribution >= 4 is 24.0 Å². The van der Waals surface area contributed by atoms with Gasteiger partial charge in [-0.25, -0.2) is 0 Å². The highest BCUT2D eigenvalue weighted by molar-refractivity contribution is 7.80. The Morgan fingerprint density at radius 1 is 1.53 bits per heavy atom. The zero-order valence-corrected chi connectivity index (χ0v) is 10.5. The third-order valence-electron chi connectivity index (χ3n) is 1.90. The van der Waals surface area contributed by atoms with E-state index in [0.29, 0.717) is 0 Å². The Bertz CT molecular complexity index is 227. The Morgan fingerprint density at radius 3 is 2.73 bits per heavy atom. The Kier molecular flexibility index (Phi) is 7.85. The maximum Gasteiger partial charge on any atom is 0.175 e. The van der Waals surface area contributed by atoms with E-state index in [-0.39, 0.29) is 0 Å². The minimum Gasteiger partial charge on any atom is -0.351 e. The van der Waals surface area contributed by atoms with Crippen molar-refractivity contribution in [2.24, 2.45) is 4.99 Å². The molecule has 0 aromatic rings. The molecule has 0 fully saturated rings. The first-order chi connectivity index (χ1) is 7.13. The van der Waals surface area contributed by atoms with Crippen molar-refractivity contribution in [1.29, 1.82) is 0 Å². The molecule has 0 saturated carbocycles. The van der Waals surface area contributed by atoms with Crippen molar-refractivity contribution in [1.82, 2.24) is 15.1 Å². The average Bonchev–Trinajstić information content (AvgIpc) is 2.24. The molecule has 0 atom stereocenters. The second-order valence-electron chi connectivity index (χ2n) is 3.15. The van der Waals surface area contributed by atoms with E-state index in [1.807, 2.05) is 23.9 Å². The summed E-state index contributed by atoms with van der Waals surface area (Å²) < 4.78 is 0. The van der Waals surface area contributed by atoms with Crippen LogP contribution in [-0.2, 0) is 0 Å². The van der Waals surface area contributed by atoms with Gasteiger partial charge in [0.05, 0.1) is 0 Å². The van der Waals surface area contributed by atoms with Crippen molar-refractivity contribution in [2.75, 3.05) is 33.7 Å². The molecule has 0 aliphatic carbocycles. The van der Waals surface area contributed by atoms with E-state index < -0.39 is 0 Å². The quantitative estimate of drug-likeness (QED) is 0.416. The second-order valence-corrected chi connectivity index (χ2v) is 3.51. The van der Waals surface area contributed by atoms with Crippen LogP contribution in [0.4, 0.5) is 0 Å². The molecule has 5 heteroatoms. The number of rotatable bonds is 6. The van der Waals surface area contributed by atoms with Gasteiger partial charge in [0.2, 0.25) is 0 Å². The topological polar surface area (TPSA) is 30.9 Å². The number of likely N-dealkylation sites (N-methyl/N-ethyl adjacent to an activating group) is 2. The number of nitrogens with one attached hydrogen (secondary N) is 1. The van der Waals surface area contributed by atoms with Gasteiger partial charge in [-0.3, -0.25) is 4.99 Å². The summed E-state index contributed by atoms with van der Waals surface area (Å²) in [5, 5.41) is 4.02. The first-order valence-corrected chi connectivity index (χ1v) is 5.35. The summed E-state index contributed by atoms with van der Waals surface area (Å²) in [4.78, 5) is 7.49. The smallest absolute Gasteiger partial charge is 0.175 e. The second kappa shape index (κ2) is 8.38. The molecule has 0 rings (SSSR count). The fourth-order valence-electron chi connectivity index (χ4n) is 0.999. The number of hydrogen-bond donors (Lipinski definition) is 1. The van der Waals surface area contributed by atoms with Gasteiger partial charge in [-0.1, -0.05) is 6.92 Å². The Hall–Kier alpha value is -0.940. The molecule has 4 nitrogen and oxygen atoms in total. The number of thiocarbonyl (C=S) groups is 1. The van der Waals surface area contributed by atoms with E-state index >= 15 is 0 Å². The molecule has 0 bridgehead atoms. The van der Waals surface area contributed by atoms with Crippen molar-refractivity contribution < 1.29 is 0 Å². The van der Waals surface area contributed by atoms with Gasteiger partial charge in [0.15, 0.2) is 5.11 Å².